The molecule has 11 heteroatoms. The summed E-state index contributed by atoms with van der Waals surface area (Å²) in [5.41, 5.74) is 2.01. The summed E-state index contributed by atoms with van der Waals surface area (Å²) in [4.78, 5) is 24.8. The highest BCUT2D eigenvalue weighted by molar-refractivity contribution is 8.02. The zero-order valence-corrected chi connectivity index (χ0v) is 19.8. The zero-order valence-electron chi connectivity index (χ0n) is 17.4. The normalized spacial score (nSPS) is 11.7. The van der Waals surface area contributed by atoms with Gasteiger partial charge in [0.1, 0.15) is 15.8 Å². The number of aryl methyl sites for hydroxylation is 1. The number of hydrogen-bond donors (Lipinski definition) is 4. The first-order valence-corrected chi connectivity index (χ1v) is 12.2. The molecule has 1 amide bonds. The van der Waals surface area contributed by atoms with Gasteiger partial charge in [-0.2, -0.15) is 0 Å². The number of aliphatic hydroxyl groups excluding tert-OH is 1. The fourth-order valence-electron chi connectivity index (χ4n) is 2.42. The van der Waals surface area contributed by atoms with Gasteiger partial charge in [-0.05, 0) is 31.4 Å². The van der Waals surface area contributed by atoms with Crippen LogP contribution in [0.1, 0.15) is 25.1 Å². The van der Waals surface area contributed by atoms with Crippen molar-refractivity contribution < 1.29 is 9.90 Å². The minimum absolute atomic E-state index is 0.00000852. The number of anilines is 3. The maximum atomic E-state index is 11.3. The van der Waals surface area contributed by atoms with Crippen LogP contribution in [0.5, 0.6) is 0 Å². The second-order valence-corrected chi connectivity index (χ2v) is 9.72. The number of aliphatic hydroxyl groups is 1. The maximum absolute atomic E-state index is 11.3. The molecule has 0 aliphatic carbocycles. The first-order valence-electron chi connectivity index (χ1n) is 9.54. The van der Waals surface area contributed by atoms with E-state index in [9.17, 15) is 9.90 Å². The van der Waals surface area contributed by atoms with Crippen LogP contribution in [0.15, 0.2) is 45.8 Å². The van der Waals surface area contributed by atoms with Crippen LogP contribution in [0.25, 0.3) is 0 Å². The number of carbonyl (C=O) groups excluding carboxylic acids is 1. The minimum atomic E-state index is -0.150. The van der Waals surface area contributed by atoms with Crippen molar-refractivity contribution in [2.45, 2.75) is 41.9 Å². The van der Waals surface area contributed by atoms with Gasteiger partial charge in [0.25, 0.3) is 0 Å². The number of amides is 1. The largest absolute Gasteiger partial charge is 0.394 e. The molecule has 0 unspecified atom stereocenters. The van der Waals surface area contributed by atoms with Gasteiger partial charge in [0.2, 0.25) is 5.91 Å². The summed E-state index contributed by atoms with van der Waals surface area (Å²) in [6.07, 6.45) is 0. The van der Waals surface area contributed by atoms with Crippen LogP contribution in [-0.4, -0.2) is 38.6 Å². The van der Waals surface area contributed by atoms with E-state index in [1.165, 1.54) is 35.8 Å². The molecule has 0 aliphatic heterocycles. The third-order valence-corrected chi connectivity index (χ3v) is 6.95. The molecule has 0 bridgehead atoms. The lowest BCUT2D eigenvalue weighted by Crippen LogP contribution is -2.20. The molecular formula is C20H24N6O2S3. The lowest BCUT2D eigenvalue weighted by molar-refractivity contribution is -0.114. The number of nitrogens with zero attached hydrogens (tertiary/aromatic N) is 3. The Labute approximate surface area is 193 Å². The summed E-state index contributed by atoms with van der Waals surface area (Å²) in [6.45, 7) is 5.23. The summed E-state index contributed by atoms with van der Waals surface area (Å²) in [5.74, 6) is 1.87. The summed E-state index contributed by atoms with van der Waals surface area (Å²) in [7, 11) is 0. The topological polar surface area (TPSA) is 112 Å². The van der Waals surface area contributed by atoms with Crippen LogP contribution in [-0.2, 0) is 10.5 Å². The van der Waals surface area contributed by atoms with Gasteiger partial charge >= 0.3 is 0 Å². The van der Waals surface area contributed by atoms with Gasteiger partial charge in [-0.25, -0.2) is 15.0 Å². The van der Waals surface area contributed by atoms with Gasteiger partial charge in [-0.15, -0.1) is 0 Å². The smallest absolute Gasteiger partial charge is 0.223 e. The fraction of sp³-hybridized carbons (Fsp3) is 0.300. The number of benzene rings is 1. The first kappa shape index (κ1) is 23.3. The van der Waals surface area contributed by atoms with E-state index in [-0.39, 0.29) is 18.6 Å². The molecule has 31 heavy (non-hydrogen) atoms. The van der Waals surface area contributed by atoms with Crippen LogP contribution in [0.3, 0.4) is 0 Å². The van der Waals surface area contributed by atoms with Crippen molar-refractivity contribution in [3.63, 3.8) is 0 Å². The Hall–Kier alpha value is -2.34. The standard InChI is InChI=1S/C20H24N6O2S3/c1-12(10-27)21-16-9-17(25-19(24-16)29-11-15-7-5-4-6-8-15)26-31-18-13(2)22-20(30-18)23-14(3)28/h4-9,12,27H,10-11H2,1-3H3,(H,22,23,28)(H2,21,24,25,26)/t12-/m1/s1. The number of nitrogens with one attached hydrogen (secondary N) is 3. The number of carbonyl (C=O) groups is 1. The summed E-state index contributed by atoms with van der Waals surface area (Å²) in [5, 5.41) is 16.5. The number of hydrogen-bond acceptors (Lipinski definition) is 10. The number of thiazole rings is 1. The molecule has 2 aromatic heterocycles. The summed E-state index contributed by atoms with van der Waals surface area (Å²) in [6, 6.07) is 11.8. The first-order chi connectivity index (χ1) is 14.9. The molecule has 8 nitrogen and oxygen atoms in total. The van der Waals surface area contributed by atoms with E-state index < -0.39 is 0 Å². The molecule has 1 aromatic carbocycles. The van der Waals surface area contributed by atoms with Crippen molar-refractivity contribution in [1.29, 1.82) is 0 Å². The van der Waals surface area contributed by atoms with Gasteiger partial charge in [0, 0.05) is 24.8 Å². The van der Waals surface area contributed by atoms with Crippen LogP contribution < -0.4 is 15.4 Å². The van der Waals surface area contributed by atoms with E-state index >= 15 is 0 Å². The predicted octanol–water partition coefficient (Wildman–Crippen LogP) is 4.40. The van der Waals surface area contributed by atoms with Crippen molar-refractivity contribution in [1.82, 2.24) is 15.0 Å². The third-order valence-electron chi connectivity index (χ3n) is 3.87. The van der Waals surface area contributed by atoms with Crippen molar-refractivity contribution in [3.8, 4) is 0 Å². The zero-order chi connectivity index (χ0) is 22.2. The average Bonchev–Trinajstić information content (AvgIpc) is 3.09. The van der Waals surface area contributed by atoms with Gasteiger partial charge in [0.05, 0.1) is 12.3 Å². The summed E-state index contributed by atoms with van der Waals surface area (Å²) >= 11 is 4.32. The quantitative estimate of drug-likeness (QED) is 0.192. The van der Waals surface area contributed by atoms with Crippen LogP contribution >= 0.6 is 35.0 Å². The highest BCUT2D eigenvalue weighted by Gasteiger charge is 2.12. The Bertz CT molecular complexity index is 1020. The van der Waals surface area contributed by atoms with Crippen molar-refractivity contribution in [2.24, 2.45) is 0 Å². The molecule has 4 N–H and O–H groups in total. The van der Waals surface area contributed by atoms with E-state index in [1.807, 2.05) is 32.0 Å². The summed E-state index contributed by atoms with van der Waals surface area (Å²) < 4.78 is 4.18. The van der Waals surface area contributed by atoms with Gasteiger partial charge in [0.15, 0.2) is 10.3 Å². The fourth-order valence-corrected chi connectivity index (χ4v) is 5.00. The number of thioether (sulfide) groups is 1. The average molecular weight is 477 g/mol. The second kappa shape index (κ2) is 11.3. The highest BCUT2D eigenvalue weighted by atomic mass is 32.2. The third kappa shape index (κ3) is 7.39. The Kier molecular flexibility index (Phi) is 8.52. The predicted molar refractivity (Wildman–Crippen MR) is 129 cm³/mol. The van der Waals surface area contributed by atoms with E-state index in [4.69, 9.17) is 0 Å². The van der Waals surface area contributed by atoms with Gasteiger partial charge in [-0.3, -0.25) is 4.79 Å². The molecule has 1 atom stereocenters. The molecule has 0 fully saturated rings. The Morgan fingerprint density at radius 2 is 1.94 bits per heavy atom. The van der Waals surface area contributed by atoms with Crippen LogP contribution in [0, 0.1) is 6.92 Å². The monoisotopic (exact) mass is 476 g/mol. The Morgan fingerprint density at radius 1 is 1.19 bits per heavy atom. The van der Waals surface area contributed by atoms with E-state index in [1.54, 1.807) is 17.8 Å². The second-order valence-electron chi connectivity index (χ2n) is 6.70. The Balaban J connectivity index is 1.73. The SMILES string of the molecule is CC(=O)Nc1nc(C)c(SNc2cc(N[C@H](C)CO)nc(SCc3ccccc3)n2)s1. The van der Waals surface area contributed by atoms with E-state index in [2.05, 4.69) is 42.4 Å². The molecule has 2 heterocycles. The van der Waals surface area contributed by atoms with Gasteiger partial charge < -0.3 is 20.5 Å². The molecule has 0 saturated carbocycles. The van der Waals surface area contributed by atoms with E-state index in [0.29, 0.717) is 21.9 Å². The van der Waals surface area contributed by atoms with Crippen molar-refractivity contribution in [3.05, 3.63) is 47.7 Å². The lowest BCUT2D eigenvalue weighted by atomic mass is 10.2. The molecule has 0 spiro atoms. The molecule has 3 aromatic rings. The van der Waals surface area contributed by atoms with Crippen LogP contribution in [0.4, 0.5) is 16.8 Å². The van der Waals surface area contributed by atoms with E-state index in [0.717, 1.165) is 15.7 Å². The minimum Gasteiger partial charge on any atom is -0.394 e. The number of aromatic nitrogens is 3. The molecule has 3 rings (SSSR count). The van der Waals surface area contributed by atoms with Gasteiger partial charge in [-0.1, -0.05) is 53.4 Å². The molecule has 164 valence electrons. The molecule has 0 radical (unpaired) electrons. The lowest BCUT2D eigenvalue weighted by Gasteiger charge is -2.14. The maximum Gasteiger partial charge on any atom is 0.223 e. The van der Waals surface area contributed by atoms with Crippen LogP contribution in [0.2, 0.25) is 0 Å². The number of rotatable bonds is 10. The molecule has 0 aliphatic rings. The Morgan fingerprint density at radius 3 is 2.65 bits per heavy atom. The van der Waals surface area contributed by atoms with Crippen molar-refractivity contribution >= 4 is 57.7 Å². The molecular weight excluding hydrogens is 452 g/mol. The van der Waals surface area contributed by atoms with Crippen molar-refractivity contribution in [2.75, 3.05) is 22.0 Å². The highest BCUT2D eigenvalue weighted by Crippen LogP contribution is 2.33. The molecule has 0 saturated heterocycles.